The number of amides is 1. The number of Topliss-reactive ketones (excluding diaryl/α,β-unsaturated/α-hetero) is 1. The van der Waals surface area contributed by atoms with Gasteiger partial charge in [0.1, 0.15) is 0 Å². The molecule has 62 valence electrons. The summed E-state index contributed by atoms with van der Waals surface area (Å²) >= 11 is 0. The number of carbonyl (C=O) groups is 2. The van der Waals surface area contributed by atoms with Crippen LogP contribution < -0.4 is 0 Å². The predicted molar refractivity (Wildman–Crippen MR) is 37.6 cm³/mol. The lowest BCUT2D eigenvalue weighted by Gasteiger charge is -2.16. The Morgan fingerprint density at radius 1 is 1.45 bits per heavy atom. The Kier molecular flexibility index (Phi) is 2.24. The maximum Gasteiger partial charge on any atom is 0.313 e. The minimum atomic E-state index is -0.515. The third-order valence-electron chi connectivity index (χ3n) is 1.35. The summed E-state index contributed by atoms with van der Waals surface area (Å²) in [5.41, 5.74) is 0. The van der Waals surface area contributed by atoms with Crippen LogP contribution in [-0.2, 0) is 14.4 Å². The molecule has 4 heteroatoms. The fourth-order valence-corrected chi connectivity index (χ4v) is 0.906. The first-order chi connectivity index (χ1) is 5.11. The van der Waals surface area contributed by atoms with Gasteiger partial charge >= 0.3 is 5.91 Å². The van der Waals surface area contributed by atoms with E-state index in [1.165, 1.54) is 0 Å². The van der Waals surface area contributed by atoms with Crippen molar-refractivity contribution in [2.75, 3.05) is 6.54 Å². The summed E-state index contributed by atoms with van der Waals surface area (Å²) in [5, 5.41) is 1.13. The quantitative estimate of drug-likeness (QED) is 0.535. The molecule has 0 aliphatic carbocycles. The Morgan fingerprint density at radius 2 is 2.09 bits per heavy atom. The van der Waals surface area contributed by atoms with Crippen LogP contribution in [0.25, 0.3) is 0 Å². The van der Waals surface area contributed by atoms with E-state index in [9.17, 15) is 9.59 Å². The molecule has 11 heavy (non-hydrogen) atoms. The van der Waals surface area contributed by atoms with Gasteiger partial charge in [0.2, 0.25) is 5.78 Å². The van der Waals surface area contributed by atoms with Crippen LogP contribution in [0, 0.1) is 0 Å². The highest BCUT2D eigenvalue weighted by molar-refractivity contribution is 6.37. The minimum Gasteiger partial charge on any atom is -0.289 e. The lowest BCUT2D eigenvalue weighted by molar-refractivity contribution is -0.191. The molecule has 0 aromatic carbocycles. The van der Waals surface area contributed by atoms with E-state index in [1.54, 1.807) is 0 Å². The van der Waals surface area contributed by atoms with Gasteiger partial charge in [0.15, 0.2) is 0 Å². The number of hydrogen-bond donors (Lipinski definition) is 0. The predicted octanol–water partition coefficient (Wildman–Crippen LogP) is 0.128. The minimum absolute atomic E-state index is 0.0511. The molecule has 1 fully saturated rings. The SMILES string of the molecule is CC(C)ON1CCC(=O)C1=O. The topological polar surface area (TPSA) is 46.6 Å². The molecule has 4 nitrogen and oxygen atoms in total. The van der Waals surface area contributed by atoms with Crippen molar-refractivity contribution in [3.63, 3.8) is 0 Å². The average Bonchev–Trinajstić information content (AvgIpc) is 2.18. The van der Waals surface area contributed by atoms with Gasteiger partial charge in [-0.15, -0.1) is 0 Å². The molecular formula is C7H11NO3. The summed E-state index contributed by atoms with van der Waals surface area (Å²) in [6.45, 7) is 4.03. The lowest BCUT2D eigenvalue weighted by Crippen LogP contribution is -2.30. The van der Waals surface area contributed by atoms with Crippen LogP contribution in [0.15, 0.2) is 0 Å². The second-order valence-electron chi connectivity index (χ2n) is 2.73. The highest BCUT2D eigenvalue weighted by atomic mass is 16.7. The first-order valence-electron chi connectivity index (χ1n) is 3.62. The summed E-state index contributed by atoms with van der Waals surface area (Å²) in [7, 11) is 0. The smallest absolute Gasteiger partial charge is 0.289 e. The van der Waals surface area contributed by atoms with Crippen LogP contribution in [0.3, 0.4) is 0 Å². The normalized spacial score (nSPS) is 18.6. The van der Waals surface area contributed by atoms with Gasteiger partial charge in [-0.2, -0.15) is 0 Å². The molecule has 0 aromatic heterocycles. The van der Waals surface area contributed by atoms with E-state index >= 15 is 0 Å². The third-order valence-corrected chi connectivity index (χ3v) is 1.35. The lowest BCUT2D eigenvalue weighted by atomic mass is 10.3. The Bertz CT molecular complexity index is 188. The highest BCUT2D eigenvalue weighted by Crippen LogP contribution is 2.08. The molecule has 1 aliphatic rings. The van der Waals surface area contributed by atoms with Gasteiger partial charge in [0.05, 0.1) is 12.6 Å². The van der Waals surface area contributed by atoms with Crippen molar-refractivity contribution in [2.45, 2.75) is 26.4 Å². The molecule has 0 unspecified atom stereocenters. The molecule has 0 spiro atoms. The number of nitrogens with zero attached hydrogens (tertiary/aromatic N) is 1. The highest BCUT2D eigenvalue weighted by Gasteiger charge is 2.30. The van der Waals surface area contributed by atoms with Gasteiger partial charge in [-0.05, 0) is 13.8 Å². The zero-order valence-electron chi connectivity index (χ0n) is 6.66. The Morgan fingerprint density at radius 3 is 2.45 bits per heavy atom. The first kappa shape index (κ1) is 8.20. The van der Waals surface area contributed by atoms with E-state index < -0.39 is 5.91 Å². The van der Waals surface area contributed by atoms with Crippen molar-refractivity contribution in [1.82, 2.24) is 5.06 Å². The summed E-state index contributed by atoms with van der Waals surface area (Å²) < 4.78 is 0. The van der Waals surface area contributed by atoms with Crippen molar-refractivity contribution in [3.8, 4) is 0 Å². The van der Waals surface area contributed by atoms with E-state index in [-0.39, 0.29) is 18.3 Å². The van der Waals surface area contributed by atoms with Gasteiger partial charge in [0.25, 0.3) is 0 Å². The van der Waals surface area contributed by atoms with Gasteiger partial charge in [-0.25, -0.2) is 5.06 Å². The molecule has 0 aromatic rings. The van der Waals surface area contributed by atoms with Gasteiger partial charge in [-0.3, -0.25) is 14.4 Å². The molecule has 1 amide bonds. The molecule has 0 atom stereocenters. The molecule has 0 saturated carbocycles. The Hall–Kier alpha value is -0.900. The molecule has 1 saturated heterocycles. The zero-order valence-corrected chi connectivity index (χ0v) is 6.66. The van der Waals surface area contributed by atoms with E-state index in [4.69, 9.17) is 4.84 Å². The summed E-state index contributed by atoms with van der Waals surface area (Å²) in [5.74, 6) is -0.871. The van der Waals surface area contributed by atoms with Crippen LogP contribution in [0.2, 0.25) is 0 Å². The van der Waals surface area contributed by atoms with Crippen LogP contribution >= 0.6 is 0 Å². The number of hydroxylamine groups is 2. The van der Waals surface area contributed by atoms with Crippen molar-refractivity contribution in [1.29, 1.82) is 0 Å². The van der Waals surface area contributed by atoms with Gasteiger partial charge in [-0.1, -0.05) is 0 Å². The number of ketones is 1. The van der Waals surface area contributed by atoms with Crippen LogP contribution in [0.4, 0.5) is 0 Å². The third kappa shape index (κ3) is 1.77. The van der Waals surface area contributed by atoms with E-state index in [1.807, 2.05) is 13.8 Å². The van der Waals surface area contributed by atoms with E-state index in [0.717, 1.165) is 5.06 Å². The van der Waals surface area contributed by atoms with Crippen LogP contribution in [-0.4, -0.2) is 29.4 Å². The molecule has 1 heterocycles. The molecule has 0 N–H and O–H groups in total. The summed E-state index contributed by atoms with van der Waals surface area (Å²) in [6.07, 6.45) is 0.232. The first-order valence-corrected chi connectivity index (χ1v) is 3.62. The fraction of sp³-hybridized carbons (Fsp3) is 0.714. The largest absolute Gasteiger partial charge is 0.313 e. The molecule has 0 radical (unpaired) electrons. The second-order valence-corrected chi connectivity index (χ2v) is 2.73. The van der Waals surface area contributed by atoms with E-state index in [0.29, 0.717) is 6.54 Å². The van der Waals surface area contributed by atoms with E-state index in [2.05, 4.69) is 0 Å². The molecule has 0 bridgehead atoms. The second kappa shape index (κ2) is 3.00. The van der Waals surface area contributed by atoms with Crippen molar-refractivity contribution in [2.24, 2.45) is 0 Å². The zero-order chi connectivity index (χ0) is 8.43. The van der Waals surface area contributed by atoms with Crippen molar-refractivity contribution >= 4 is 11.7 Å². The van der Waals surface area contributed by atoms with Gasteiger partial charge in [0, 0.05) is 6.42 Å². The Balaban J connectivity index is 2.49. The number of hydrogen-bond acceptors (Lipinski definition) is 3. The van der Waals surface area contributed by atoms with Crippen LogP contribution in [0.5, 0.6) is 0 Å². The van der Waals surface area contributed by atoms with Crippen molar-refractivity contribution in [3.05, 3.63) is 0 Å². The molecule has 1 aliphatic heterocycles. The maximum absolute atomic E-state index is 10.9. The number of rotatable bonds is 2. The average molecular weight is 157 g/mol. The molecular weight excluding hydrogens is 146 g/mol. The monoisotopic (exact) mass is 157 g/mol. The fourth-order valence-electron chi connectivity index (χ4n) is 0.906. The standard InChI is InChI=1S/C7H11NO3/c1-5(2)11-8-4-3-6(9)7(8)10/h5H,3-4H2,1-2H3. The van der Waals surface area contributed by atoms with Crippen molar-refractivity contribution < 1.29 is 14.4 Å². The Labute approximate surface area is 65.1 Å². The summed E-state index contributed by atoms with van der Waals surface area (Å²) in [4.78, 5) is 26.6. The summed E-state index contributed by atoms with van der Waals surface area (Å²) in [6, 6.07) is 0. The van der Waals surface area contributed by atoms with Gasteiger partial charge < -0.3 is 0 Å². The molecule has 1 rings (SSSR count). The number of carbonyl (C=O) groups excluding carboxylic acids is 2. The maximum atomic E-state index is 10.9. The van der Waals surface area contributed by atoms with Crippen LogP contribution in [0.1, 0.15) is 20.3 Å².